The number of nitrogens with one attached hydrogen (secondary N) is 1. The Morgan fingerprint density at radius 1 is 1.39 bits per heavy atom. The largest absolute Gasteiger partial charge is 0.388 e. The standard InChI is InChI=1S/C11H13N5S2/c1-2-7-5-15-8(18-7)6-16-11-9(10(12)17)13-3-4-14-11/h3-5H,2,6H2,1H3,(H2,12,17)(H,14,16). The first-order valence-corrected chi connectivity index (χ1v) is 6.71. The van der Waals surface area contributed by atoms with Gasteiger partial charge in [0.1, 0.15) is 15.7 Å². The van der Waals surface area contributed by atoms with Crippen LogP contribution in [0.4, 0.5) is 5.82 Å². The van der Waals surface area contributed by atoms with Gasteiger partial charge in [-0.1, -0.05) is 19.1 Å². The highest BCUT2D eigenvalue weighted by molar-refractivity contribution is 7.80. The van der Waals surface area contributed by atoms with Crippen molar-refractivity contribution in [1.29, 1.82) is 0 Å². The Morgan fingerprint density at radius 3 is 2.83 bits per heavy atom. The van der Waals surface area contributed by atoms with Gasteiger partial charge in [-0.3, -0.25) is 0 Å². The molecule has 0 aromatic carbocycles. The van der Waals surface area contributed by atoms with Crippen LogP contribution in [0.3, 0.4) is 0 Å². The molecule has 0 atom stereocenters. The van der Waals surface area contributed by atoms with Crippen LogP contribution < -0.4 is 11.1 Å². The quantitative estimate of drug-likeness (QED) is 0.812. The van der Waals surface area contributed by atoms with E-state index in [0.29, 0.717) is 18.1 Å². The Hall–Kier alpha value is -1.60. The number of hydrogen-bond acceptors (Lipinski definition) is 6. The van der Waals surface area contributed by atoms with E-state index in [0.717, 1.165) is 11.4 Å². The first kappa shape index (κ1) is 12.8. The Labute approximate surface area is 114 Å². The van der Waals surface area contributed by atoms with E-state index in [1.165, 1.54) is 4.88 Å². The van der Waals surface area contributed by atoms with Crippen LogP contribution in [0.5, 0.6) is 0 Å². The lowest BCUT2D eigenvalue weighted by Gasteiger charge is -2.06. The van der Waals surface area contributed by atoms with Crippen LogP contribution in [-0.4, -0.2) is 19.9 Å². The maximum absolute atomic E-state index is 5.59. The number of anilines is 1. The molecular formula is C11H13N5S2. The first-order chi connectivity index (χ1) is 8.70. The molecule has 18 heavy (non-hydrogen) atoms. The second-order valence-corrected chi connectivity index (χ2v) is 5.18. The Morgan fingerprint density at radius 2 is 2.17 bits per heavy atom. The van der Waals surface area contributed by atoms with Crippen molar-refractivity contribution < 1.29 is 0 Å². The van der Waals surface area contributed by atoms with Gasteiger partial charge in [0, 0.05) is 23.5 Å². The summed E-state index contributed by atoms with van der Waals surface area (Å²) >= 11 is 6.61. The lowest BCUT2D eigenvalue weighted by molar-refractivity contribution is 1.05. The molecule has 7 heteroatoms. The molecule has 0 radical (unpaired) electrons. The molecule has 0 aliphatic heterocycles. The third-order valence-electron chi connectivity index (χ3n) is 2.29. The van der Waals surface area contributed by atoms with E-state index in [2.05, 4.69) is 27.2 Å². The van der Waals surface area contributed by atoms with Crippen LogP contribution in [0.25, 0.3) is 0 Å². The Bertz CT molecular complexity index is 552. The van der Waals surface area contributed by atoms with Gasteiger partial charge in [-0.2, -0.15) is 0 Å². The number of rotatable bonds is 5. The third-order valence-corrected chi connectivity index (χ3v) is 3.62. The summed E-state index contributed by atoms with van der Waals surface area (Å²) in [4.78, 5) is 14.1. The van der Waals surface area contributed by atoms with Crippen LogP contribution >= 0.6 is 23.6 Å². The summed E-state index contributed by atoms with van der Waals surface area (Å²) in [5.41, 5.74) is 6.10. The maximum atomic E-state index is 5.59. The van der Waals surface area contributed by atoms with Crippen molar-refractivity contribution in [2.45, 2.75) is 19.9 Å². The van der Waals surface area contributed by atoms with Crippen molar-refractivity contribution in [2.75, 3.05) is 5.32 Å². The summed E-state index contributed by atoms with van der Waals surface area (Å²) < 4.78 is 0. The molecule has 0 saturated carbocycles. The summed E-state index contributed by atoms with van der Waals surface area (Å²) in [5.74, 6) is 0.596. The highest BCUT2D eigenvalue weighted by Crippen LogP contribution is 2.15. The number of nitrogens with zero attached hydrogens (tertiary/aromatic N) is 3. The predicted octanol–water partition coefficient (Wildman–Crippen LogP) is 1.74. The van der Waals surface area contributed by atoms with Crippen molar-refractivity contribution >= 4 is 34.4 Å². The monoisotopic (exact) mass is 279 g/mol. The predicted molar refractivity (Wildman–Crippen MR) is 76.7 cm³/mol. The minimum Gasteiger partial charge on any atom is -0.388 e. The van der Waals surface area contributed by atoms with E-state index in [-0.39, 0.29) is 4.99 Å². The van der Waals surface area contributed by atoms with Gasteiger partial charge in [0.15, 0.2) is 5.82 Å². The zero-order chi connectivity index (χ0) is 13.0. The topological polar surface area (TPSA) is 76.7 Å². The molecule has 2 heterocycles. The number of hydrogen-bond donors (Lipinski definition) is 2. The molecule has 0 saturated heterocycles. The molecule has 2 rings (SSSR count). The summed E-state index contributed by atoms with van der Waals surface area (Å²) in [6.07, 6.45) is 6.06. The Balaban J connectivity index is 2.08. The van der Waals surface area contributed by atoms with Gasteiger partial charge < -0.3 is 11.1 Å². The molecule has 2 aromatic heterocycles. The molecule has 3 N–H and O–H groups in total. The Kier molecular flexibility index (Phi) is 4.16. The van der Waals surface area contributed by atoms with Crippen molar-refractivity contribution in [3.8, 4) is 0 Å². The normalized spacial score (nSPS) is 10.3. The third kappa shape index (κ3) is 2.99. The number of thiazole rings is 1. The minimum absolute atomic E-state index is 0.235. The molecule has 0 unspecified atom stereocenters. The smallest absolute Gasteiger partial charge is 0.155 e. The number of aryl methyl sites for hydroxylation is 1. The average molecular weight is 279 g/mol. The summed E-state index contributed by atoms with van der Waals surface area (Å²) in [7, 11) is 0. The summed E-state index contributed by atoms with van der Waals surface area (Å²) in [5, 5.41) is 4.16. The second kappa shape index (κ2) is 5.83. The molecular weight excluding hydrogens is 266 g/mol. The maximum Gasteiger partial charge on any atom is 0.155 e. The van der Waals surface area contributed by atoms with Gasteiger partial charge >= 0.3 is 0 Å². The van der Waals surface area contributed by atoms with Crippen LogP contribution in [-0.2, 0) is 13.0 Å². The van der Waals surface area contributed by atoms with Crippen LogP contribution in [0.2, 0.25) is 0 Å². The number of nitrogens with two attached hydrogens (primary N) is 1. The SMILES string of the molecule is CCc1cnc(CNc2nccnc2C(N)=S)s1. The fourth-order valence-corrected chi connectivity index (χ4v) is 2.35. The van der Waals surface area contributed by atoms with Crippen molar-refractivity contribution in [2.24, 2.45) is 5.73 Å². The molecule has 94 valence electrons. The van der Waals surface area contributed by atoms with E-state index >= 15 is 0 Å². The highest BCUT2D eigenvalue weighted by Gasteiger charge is 2.08. The molecule has 2 aromatic rings. The van der Waals surface area contributed by atoms with Crippen LogP contribution in [0.15, 0.2) is 18.6 Å². The van der Waals surface area contributed by atoms with Crippen LogP contribution in [0, 0.1) is 0 Å². The molecule has 0 aliphatic carbocycles. The van der Waals surface area contributed by atoms with Gasteiger partial charge in [0.05, 0.1) is 6.54 Å². The van der Waals surface area contributed by atoms with Crippen molar-refractivity contribution in [3.05, 3.63) is 34.2 Å². The van der Waals surface area contributed by atoms with Crippen molar-refractivity contribution in [3.63, 3.8) is 0 Å². The van der Waals surface area contributed by atoms with E-state index < -0.39 is 0 Å². The summed E-state index contributed by atoms with van der Waals surface area (Å²) in [6.45, 7) is 2.71. The molecule has 0 bridgehead atoms. The number of thiocarbonyl (C=S) groups is 1. The second-order valence-electron chi connectivity index (χ2n) is 3.55. The van der Waals surface area contributed by atoms with Gasteiger partial charge in [-0.15, -0.1) is 11.3 Å². The minimum atomic E-state index is 0.235. The van der Waals surface area contributed by atoms with Gasteiger partial charge in [0.2, 0.25) is 0 Å². The highest BCUT2D eigenvalue weighted by atomic mass is 32.1. The fraction of sp³-hybridized carbons (Fsp3) is 0.273. The lowest BCUT2D eigenvalue weighted by atomic mass is 10.4. The van der Waals surface area contributed by atoms with E-state index in [4.69, 9.17) is 18.0 Å². The number of aromatic nitrogens is 3. The van der Waals surface area contributed by atoms with E-state index in [9.17, 15) is 0 Å². The van der Waals surface area contributed by atoms with Crippen molar-refractivity contribution in [1.82, 2.24) is 15.0 Å². The first-order valence-electron chi connectivity index (χ1n) is 5.49. The molecule has 0 aliphatic rings. The molecule has 5 nitrogen and oxygen atoms in total. The fourth-order valence-electron chi connectivity index (χ4n) is 1.40. The van der Waals surface area contributed by atoms with E-state index in [1.807, 2.05) is 6.20 Å². The van der Waals surface area contributed by atoms with E-state index in [1.54, 1.807) is 23.7 Å². The molecule has 0 amide bonds. The van der Waals surface area contributed by atoms with Gasteiger partial charge in [0.25, 0.3) is 0 Å². The molecule has 0 spiro atoms. The van der Waals surface area contributed by atoms with Gasteiger partial charge in [-0.25, -0.2) is 15.0 Å². The zero-order valence-electron chi connectivity index (χ0n) is 9.88. The zero-order valence-corrected chi connectivity index (χ0v) is 11.5. The average Bonchev–Trinajstić information content (AvgIpc) is 2.84. The lowest BCUT2D eigenvalue weighted by Crippen LogP contribution is -2.16. The van der Waals surface area contributed by atoms with Gasteiger partial charge in [-0.05, 0) is 6.42 Å². The molecule has 0 fully saturated rings. The summed E-state index contributed by atoms with van der Waals surface area (Å²) in [6, 6.07) is 0. The van der Waals surface area contributed by atoms with Crippen LogP contribution in [0.1, 0.15) is 22.5 Å².